The van der Waals surface area contributed by atoms with E-state index in [9.17, 15) is 8.42 Å². The first-order valence-corrected chi connectivity index (χ1v) is 8.55. The van der Waals surface area contributed by atoms with E-state index in [0.29, 0.717) is 5.70 Å². The van der Waals surface area contributed by atoms with Gasteiger partial charge in [-0.3, -0.25) is 0 Å². The number of hydrogen-bond donors (Lipinski definition) is 2. The maximum Gasteiger partial charge on any atom is 0.257 e. The number of hydrazine groups is 1. The molecule has 4 nitrogen and oxygen atoms in total. The van der Waals surface area contributed by atoms with E-state index in [1.807, 2.05) is 54.6 Å². The molecule has 0 aromatic heterocycles. The van der Waals surface area contributed by atoms with Gasteiger partial charge in [-0.25, -0.2) is 8.42 Å². The minimum Gasteiger partial charge on any atom is -0.308 e. The molecule has 0 radical (unpaired) electrons. The minimum absolute atomic E-state index is 0.199. The standard InChI is InChI=1S/C18H16N2O2S/c1-14(15-7-3-2-4-8-15)19-20-23(21,22)18-12-11-16-9-5-6-10-17(16)13-18/h2-13,19-20H,1H2. The van der Waals surface area contributed by atoms with Crippen molar-refractivity contribution in [3.63, 3.8) is 0 Å². The second-order valence-electron chi connectivity index (χ2n) is 5.08. The summed E-state index contributed by atoms with van der Waals surface area (Å²) < 4.78 is 24.8. The Morgan fingerprint density at radius 3 is 2.22 bits per heavy atom. The van der Waals surface area contributed by atoms with Crippen molar-refractivity contribution < 1.29 is 8.42 Å². The summed E-state index contributed by atoms with van der Waals surface area (Å²) >= 11 is 0. The number of sulfonamides is 1. The number of nitrogens with one attached hydrogen (secondary N) is 2. The van der Waals surface area contributed by atoms with E-state index in [2.05, 4.69) is 16.8 Å². The summed E-state index contributed by atoms with van der Waals surface area (Å²) in [5.41, 5.74) is 3.95. The average Bonchev–Trinajstić information content (AvgIpc) is 2.60. The number of benzene rings is 3. The van der Waals surface area contributed by atoms with Crippen molar-refractivity contribution in [1.29, 1.82) is 0 Å². The molecule has 0 unspecified atom stereocenters. The second kappa shape index (κ2) is 6.24. The summed E-state index contributed by atoms with van der Waals surface area (Å²) in [6, 6.07) is 21.9. The van der Waals surface area contributed by atoms with Crippen LogP contribution in [0.25, 0.3) is 16.5 Å². The smallest absolute Gasteiger partial charge is 0.257 e. The molecule has 0 heterocycles. The number of fused-ring (bicyclic) bond motifs is 1. The predicted octanol–water partition coefficient (Wildman–Crippen LogP) is 3.29. The van der Waals surface area contributed by atoms with Crippen molar-refractivity contribution >= 4 is 26.5 Å². The predicted molar refractivity (Wildman–Crippen MR) is 92.9 cm³/mol. The Morgan fingerprint density at radius 2 is 1.48 bits per heavy atom. The fourth-order valence-corrected chi connectivity index (χ4v) is 3.14. The van der Waals surface area contributed by atoms with Gasteiger partial charge in [-0.15, -0.1) is 4.83 Å². The summed E-state index contributed by atoms with van der Waals surface area (Å²) in [6.07, 6.45) is 0. The highest BCUT2D eigenvalue weighted by molar-refractivity contribution is 7.89. The Morgan fingerprint density at radius 1 is 0.826 bits per heavy atom. The fourth-order valence-electron chi connectivity index (χ4n) is 2.23. The van der Waals surface area contributed by atoms with Gasteiger partial charge in [0.1, 0.15) is 0 Å². The van der Waals surface area contributed by atoms with Crippen molar-refractivity contribution in [1.82, 2.24) is 10.3 Å². The molecule has 3 aromatic rings. The molecule has 0 saturated heterocycles. The third kappa shape index (κ3) is 3.41. The molecular weight excluding hydrogens is 308 g/mol. The van der Waals surface area contributed by atoms with Gasteiger partial charge in [0.25, 0.3) is 10.0 Å². The van der Waals surface area contributed by atoms with Gasteiger partial charge in [-0.1, -0.05) is 67.2 Å². The lowest BCUT2D eigenvalue weighted by molar-refractivity contribution is 0.576. The summed E-state index contributed by atoms with van der Waals surface area (Å²) in [5.74, 6) is 0. The van der Waals surface area contributed by atoms with Crippen LogP contribution in [0.15, 0.2) is 84.3 Å². The van der Waals surface area contributed by atoms with Crippen LogP contribution >= 0.6 is 0 Å². The lowest BCUT2D eigenvalue weighted by Gasteiger charge is -2.12. The van der Waals surface area contributed by atoms with Crippen molar-refractivity contribution in [3.8, 4) is 0 Å². The Kier molecular flexibility index (Phi) is 4.14. The average molecular weight is 324 g/mol. The van der Waals surface area contributed by atoms with E-state index in [1.54, 1.807) is 18.2 Å². The van der Waals surface area contributed by atoms with Gasteiger partial charge in [-0.05, 0) is 28.5 Å². The van der Waals surface area contributed by atoms with E-state index >= 15 is 0 Å². The monoisotopic (exact) mass is 324 g/mol. The highest BCUT2D eigenvalue weighted by Crippen LogP contribution is 2.18. The lowest BCUT2D eigenvalue weighted by atomic mass is 10.1. The normalized spacial score (nSPS) is 11.3. The van der Waals surface area contributed by atoms with Crippen LogP contribution in [0.1, 0.15) is 5.56 Å². The van der Waals surface area contributed by atoms with Crippen molar-refractivity contribution in [2.45, 2.75) is 4.90 Å². The van der Waals surface area contributed by atoms with Crippen molar-refractivity contribution in [2.75, 3.05) is 0 Å². The molecule has 0 aliphatic heterocycles. The fraction of sp³-hybridized carbons (Fsp3) is 0. The van der Waals surface area contributed by atoms with Gasteiger partial charge >= 0.3 is 0 Å². The molecule has 5 heteroatoms. The molecule has 0 bridgehead atoms. The highest BCUT2D eigenvalue weighted by Gasteiger charge is 2.14. The molecule has 3 rings (SSSR count). The zero-order valence-electron chi connectivity index (χ0n) is 12.4. The zero-order chi connectivity index (χ0) is 16.3. The van der Waals surface area contributed by atoms with Gasteiger partial charge in [0, 0.05) is 5.70 Å². The molecule has 0 saturated carbocycles. The SMILES string of the molecule is C=C(NNS(=O)(=O)c1ccc2ccccc2c1)c1ccccc1. The molecule has 116 valence electrons. The van der Waals surface area contributed by atoms with Crippen molar-refractivity contribution in [2.24, 2.45) is 0 Å². The molecular formula is C18H16N2O2S. The van der Waals surface area contributed by atoms with Crippen LogP contribution in [-0.4, -0.2) is 8.42 Å². The van der Waals surface area contributed by atoms with E-state index in [-0.39, 0.29) is 4.90 Å². The quantitative estimate of drug-likeness (QED) is 0.708. The number of hydrogen-bond acceptors (Lipinski definition) is 3. The third-order valence-electron chi connectivity index (χ3n) is 3.49. The zero-order valence-corrected chi connectivity index (χ0v) is 13.2. The maximum absolute atomic E-state index is 12.4. The largest absolute Gasteiger partial charge is 0.308 e. The summed E-state index contributed by atoms with van der Waals surface area (Å²) in [4.78, 5) is 2.56. The molecule has 3 aromatic carbocycles. The molecule has 0 aliphatic rings. The Bertz CT molecular complexity index is 951. The Hall–Kier alpha value is -2.63. The van der Waals surface area contributed by atoms with Crippen LogP contribution in [0.2, 0.25) is 0 Å². The van der Waals surface area contributed by atoms with Gasteiger partial charge in [0.15, 0.2) is 0 Å². The van der Waals surface area contributed by atoms with Crippen LogP contribution in [0, 0.1) is 0 Å². The molecule has 0 atom stereocenters. The van der Waals surface area contributed by atoms with Crippen LogP contribution in [0.4, 0.5) is 0 Å². The van der Waals surface area contributed by atoms with Crippen LogP contribution < -0.4 is 10.3 Å². The van der Waals surface area contributed by atoms with Crippen LogP contribution in [-0.2, 0) is 10.0 Å². The third-order valence-corrected chi connectivity index (χ3v) is 4.74. The molecule has 0 amide bonds. The second-order valence-corrected chi connectivity index (χ2v) is 6.77. The Balaban J connectivity index is 1.79. The molecule has 23 heavy (non-hydrogen) atoms. The summed E-state index contributed by atoms with van der Waals surface area (Å²) in [5, 5.41) is 1.87. The highest BCUT2D eigenvalue weighted by atomic mass is 32.2. The van der Waals surface area contributed by atoms with Crippen LogP contribution in [0.5, 0.6) is 0 Å². The van der Waals surface area contributed by atoms with E-state index in [4.69, 9.17) is 0 Å². The molecule has 0 aliphatic carbocycles. The van der Waals surface area contributed by atoms with Gasteiger partial charge in [0.2, 0.25) is 0 Å². The topological polar surface area (TPSA) is 58.2 Å². The van der Waals surface area contributed by atoms with E-state index in [0.717, 1.165) is 16.3 Å². The Labute approximate surface area is 135 Å². The summed E-state index contributed by atoms with van der Waals surface area (Å²) in [7, 11) is -3.68. The molecule has 0 spiro atoms. The van der Waals surface area contributed by atoms with Gasteiger partial charge in [0.05, 0.1) is 4.90 Å². The van der Waals surface area contributed by atoms with E-state index in [1.165, 1.54) is 0 Å². The molecule has 2 N–H and O–H groups in total. The number of rotatable bonds is 5. The lowest BCUT2D eigenvalue weighted by Crippen LogP contribution is -2.35. The van der Waals surface area contributed by atoms with Crippen molar-refractivity contribution in [3.05, 3.63) is 84.9 Å². The minimum atomic E-state index is -3.68. The van der Waals surface area contributed by atoms with Crippen LogP contribution in [0.3, 0.4) is 0 Å². The van der Waals surface area contributed by atoms with Gasteiger partial charge in [-0.2, -0.15) is 0 Å². The first-order chi connectivity index (χ1) is 11.1. The molecule has 0 fully saturated rings. The van der Waals surface area contributed by atoms with Gasteiger partial charge < -0.3 is 5.43 Å². The summed E-state index contributed by atoms with van der Waals surface area (Å²) in [6.45, 7) is 3.83. The maximum atomic E-state index is 12.4. The first-order valence-electron chi connectivity index (χ1n) is 7.07. The first kappa shape index (κ1) is 15.3. The van der Waals surface area contributed by atoms with E-state index < -0.39 is 10.0 Å².